The number of amides is 1. The first-order valence-corrected chi connectivity index (χ1v) is 17.0. The third-order valence-corrected chi connectivity index (χ3v) is 8.69. The number of nitriles is 1. The summed E-state index contributed by atoms with van der Waals surface area (Å²) in [5.74, 6) is 0.857. The minimum atomic E-state index is -1.44. The lowest BCUT2D eigenvalue weighted by molar-refractivity contribution is -0.142. The van der Waals surface area contributed by atoms with Crippen molar-refractivity contribution in [3.63, 3.8) is 0 Å². The van der Waals surface area contributed by atoms with E-state index in [0.29, 0.717) is 50.7 Å². The van der Waals surface area contributed by atoms with Crippen molar-refractivity contribution in [1.29, 1.82) is 5.26 Å². The van der Waals surface area contributed by atoms with Gasteiger partial charge in [0, 0.05) is 55.1 Å². The Morgan fingerprint density at radius 1 is 1.04 bits per heavy atom. The molecule has 2 aliphatic heterocycles. The zero-order chi connectivity index (χ0) is 33.4. The molecule has 46 heavy (non-hydrogen) atoms. The first kappa shape index (κ1) is 33.1. The van der Waals surface area contributed by atoms with Crippen LogP contribution in [0.15, 0.2) is 41.6 Å². The normalized spacial score (nSPS) is 17.7. The van der Waals surface area contributed by atoms with Gasteiger partial charge in [0.2, 0.25) is 5.16 Å². The second-order valence-electron chi connectivity index (χ2n) is 13.8. The van der Waals surface area contributed by atoms with Gasteiger partial charge in [0.05, 0.1) is 47.0 Å². The highest BCUT2D eigenvalue weighted by Crippen LogP contribution is 2.37. The van der Waals surface area contributed by atoms with Gasteiger partial charge in [-0.2, -0.15) is 5.26 Å². The van der Waals surface area contributed by atoms with Crippen LogP contribution in [-0.2, 0) is 33.3 Å². The van der Waals surface area contributed by atoms with E-state index < -0.39 is 27.9 Å². The number of ether oxygens (including phenoxy) is 2. The molecule has 11 nitrogen and oxygen atoms in total. The molecule has 0 radical (unpaired) electrons. The highest BCUT2D eigenvalue weighted by molar-refractivity contribution is 7.84. The van der Waals surface area contributed by atoms with Gasteiger partial charge in [-0.25, -0.2) is 14.8 Å². The third kappa shape index (κ3) is 7.25. The Morgan fingerprint density at radius 2 is 1.78 bits per heavy atom. The van der Waals surface area contributed by atoms with E-state index in [0.717, 1.165) is 27.7 Å². The number of esters is 1. The average molecular weight is 647 g/mol. The first-order valence-electron chi connectivity index (χ1n) is 15.5. The minimum Gasteiger partial charge on any atom is -0.444 e. The van der Waals surface area contributed by atoms with E-state index in [4.69, 9.17) is 19.4 Å². The fraction of sp³-hybridized carbons (Fsp3) is 0.500. The van der Waals surface area contributed by atoms with E-state index in [2.05, 4.69) is 15.9 Å². The molecule has 1 saturated heterocycles. The van der Waals surface area contributed by atoms with Crippen LogP contribution in [0.25, 0.3) is 10.8 Å². The molecule has 5 rings (SSSR count). The number of hydrogen-bond acceptors (Lipinski definition) is 10. The van der Waals surface area contributed by atoms with Crippen LogP contribution in [0.2, 0.25) is 0 Å². The Labute approximate surface area is 272 Å². The minimum absolute atomic E-state index is 0.145. The molecule has 1 amide bonds. The maximum absolute atomic E-state index is 13.0. The summed E-state index contributed by atoms with van der Waals surface area (Å²) in [5.41, 5.74) is 1.35. The molecule has 1 fully saturated rings. The highest BCUT2D eigenvalue weighted by atomic mass is 32.2. The van der Waals surface area contributed by atoms with E-state index in [1.807, 2.05) is 77.9 Å². The lowest BCUT2D eigenvalue weighted by Gasteiger charge is -2.42. The van der Waals surface area contributed by atoms with Gasteiger partial charge >= 0.3 is 12.1 Å². The second kappa shape index (κ2) is 12.9. The number of fused-ring (bicyclic) bond motifs is 2. The largest absolute Gasteiger partial charge is 0.444 e. The number of piperazine rings is 1. The predicted octanol–water partition coefficient (Wildman–Crippen LogP) is 5.22. The van der Waals surface area contributed by atoms with Crippen LogP contribution < -0.4 is 14.5 Å². The SMILES string of the molecule is CS(=O)c1nc2c(c(N3CCN(C(=O)OC(C)(C)C)C(CC#N)C3)n1)CCN(c1cc(OC(=O)C(C)(C)C)cc3ccccc13)C2. The summed E-state index contributed by atoms with van der Waals surface area (Å²) in [6.45, 7) is 13.3. The maximum Gasteiger partial charge on any atom is 0.410 e. The number of carbonyl (C=O) groups excluding carboxylic acids is 2. The topological polar surface area (TPSA) is 129 Å². The number of hydrogen-bond donors (Lipinski definition) is 0. The van der Waals surface area contributed by atoms with Crippen LogP contribution in [0.5, 0.6) is 5.75 Å². The average Bonchev–Trinajstić information content (AvgIpc) is 2.98. The smallest absolute Gasteiger partial charge is 0.410 e. The van der Waals surface area contributed by atoms with Crippen LogP contribution in [0.3, 0.4) is 0 Å². The lowest BCUT2D eigenvalue weighted by Crippen LogP contribution is -2.56. The molecule has 3 aromatic rings. The fourth-order valence-electron chi connectivity index (χ4n) is 5.72. The highest BCUT2D eigenvalue weighted by Gasteiger charge is 2.36. The Morgan fingerprint density at radius 3 is 2.46 bits per heavy atom. The number of benzene rings is 2. The number of carbonyl (C=O) groups is 2. The number of anilines is 2. The first-order chi connectivity index (χ1) is 21.6. The zero-order valence-electron chi connectivity index (χ0n) is 27.6. The summed E-state index contributed by atoms with van der Waals surface area (Å²) in [7, 11) is -1.44. The third-order valence-electron chi connectivity index (χ3n) is 7.99. The molecule has 2 aromatic carbocycles. The van der Waals surface area contributed by atoms with Crippen LogP contribution in [0.1, 0.15) is 59.2 Å². The van der Waals surface area contributed by atoms with Crippen molar-refractivity contribution >= 4 is 45.1 Å². The van der Waals surface area contributed by atoms with Gasteiger partial charge in [-0.15, -0.1) is 0 Å². The molecule has 2 unspecified atom stereocenters. The Hall–Kier alpha value is -4.24. The molecule has 1 aromatic heterocycles. The Kier molecular flexibility index (Phi) is 9.27. The van der Waals surface area contributed by atoms with Crippen molar-refractivity contribution in [2.24, 2.45) is 5.41 Å². The van der Waals surface area contributed by atoms with Gasteiger partial charge in [0.25, 0.3) is 0 Å². The Bertz CT molecular complexity index is 1720. The van der Waals surface area contributed by atoms with Gasteiger partial charge in [0.15, 0.2) is 0 Å². The van der Waals surface area contributed by atoms with Gasteiger partial charge in [-0.3, -0.25) is 9.00 Å². The van der Waals surface area contributed by atoms with Crippen LogP contribution in [0.4, 0.5) is 16.3 Å². The van der Waals surface area contributed by atoms with Gasteiger partial charge in [-0.05, 0) is 59.4 Å². The predicted molar refractivity (Wildman–Crippen MR) is 177 cm³/mol. The lowest BCUT2D eigenvalue weighted by atomic mass is 9.97. The summed E-state index contributed by atoms with van der Waals surface area (Å²) in [6, 6.07) is 13.6. The van der Waals surface area contributed by atoms with E-state index in [1.54, 1.807) is 11.2 Å². The number of aromatic nitrogens is 2. The van der Waals surface area contributed by atoms with Gasteiger partial charge in [-0.1, -0.05) is 24.3 Å². The second-order valence-corrected chi connectivity index (χ2v) is 15.1. The standard InChI is InChI=1S/C34H42N6O5S/c1-33(2,3)30(41)44-24-18-22-10-8-9-11-25(22)28(19-24)38-15-13-26-27(21-38)36-31(46(7)43)37-29(26)39-16-17-40(23(20-39)12-14-35)32(42)45-34(4,5)6/h8-11,18-19,23H,12-13,15-17,20-21H2,1-7H3. The molecular formula is C34H42N6O5S. The number of nitrogens with zero attached hydrogens (tertiary/aromatic N) is 6. The van der Waals surface area contributed by atoms with Gasteiger partial charge < -0.3 is 24.2 Å². The van der Waals surface area contributed by atoms with Crippen LogP contribution >= 0.6 is 0 Å². The summed E-state index contributed by atoms with van der Waals surface area (Å²) in [6.07, 6.45) is 1.89. The van der Waals surface area contributed by atoms with Crippen molar-refractivity contribution in [1.82, 2.24) is 14.9 Å². The number of rotatable bonds is 5. The molecule has 0 spiro atoms. The summed E-state index contributed by atoms with van der Waals surface area (Å²) < 4.78 is 24.2. The molecule has 2 atom stereocenters. The summed E-state index contributed by atoms with van der Waals surface area (Å²) in [4.78, 5) is 41.2. The quantitative estimate of drug-likeness (QED) is 0.207. The summed E-state index contributed by atoms with van der Waals surface area (Å²) in [5, 5.41) is 11.8. The van der Waals surface area contributed by atoms with E-state index in [-0.39, 0.29) is 23.6 Å². The van der Waals surface area contributed by atoms with E-state index in [1.165, 1.54) is 0 Å². The van der Waals surface area contributed by atoms with Crippen molar-refractivity contribution in [2.45, 2.75) is 77.7 Å². The van der Waals surface area contributed by atoms with Crippen molar-refractivity contribution in [3.8, 4) is 11.8 Å². The van der Waals surface area contributed by atoms with Crippen molar-refractivity contribution in [3.05, 3.63) is 47.7 Å². The zero-order valence-corrected chi connectivity index (χ0v) is 28.4. The molecule has 0 bridgehead atoms. The van der Waals surface area contributed by atoms with Crippen molar-refractivity contribution in [2.75, 3.05) is 42.2 Å². The molecule has 244 valence electrons. The molecular weight excluding hydrogens is 604 g/mol. The molecule has 0 N–H and O–H groups in total. The van der Waals surface area contributed by atoms with Crippen molar-refractivity contribution < 1.29 is 23.3 Å². The maximum atomic E-state index is 13.0. The summed E-state index contributed by atoms with van der Waals surface area (Å²) >= 11 is 0. The van der Waals surface area contributed by atoms with Crippen LogP contribution in [-0.4, -0.2) is 75.2 Å². The van der Waals surface area contributed by atoms with Gasteiger partial charge in [0.1, 0.15) is 17.2 Å². The van der Waals surface area contributed by atoms with E-state index in [9.17, 15) is 19.1 Å². The molecule has 2 aliphatic rings. The monoisotopic (exact) mass is 646 g/mol. The molecule has 0 saturated carbocycles. The molecule has 12 heteroatoms. The van der Waals surface area contributed by atoms with E-state index >= 15 is 0 Å². The molecule has 3 heterocycles. The Balaban J connectivity index is 1.48. The molecule has 0 aliphatic carbocycles. The fourth-order valence-corrected chi connectivity index (χ4v) is 6.17. The van der Waals surface area contributed by atoms with Crippen LogP contribution in [0, 0.1) is 16.7 Å².